The number of aryl methyl sites for hydroxylation is 2. The molecule has 2 nitrogen and oxygen atoms in total. The van der Waals surface area contributed by atoms with Gasteiger partial charge in [0.15, 0.2) is 11.6 Å². The second-order valence-electron chi connectivity index (χ2n) is 7.57. The van der Waals surface area contributed by atoms with Gasteiger partial charge in [0, 0.05) is 32.3 Å². The Morgan fingerprint density at radius 2 is 0.875 bits per heavy atom. The van der Waals surface area contributed by atoms with Crippen LogP contribution in [0.15, 0.2) is 97.1 Å². The van der Waals surface area contributed by atoms with Crippen LogP contribution in [0.1, 0.15) is 43.0 Å². The molecule has 0 N–H and O–H groups in total. The molecule has 0 saturated carbocycles. The van der Waals surface area contributed by atoms with Crippen molar-refractivity contribution in [2.75, 3.05) is 0 Å². The number of carbonyl (C=O) groups is 2. The van der Waals surface area contributed by atoms with E-state index in [1.165, 1.54) is 0 Å². The van der Waals surface area contributed by atoms with Crippen molar-refractivity contribution in [3.63, 3.8) is 0 Å². The lowest BCUT2D eigenvalue weighted by Crippen LogP contribution is -2.02. The van der Waals surface area contributed by atoms with Crippen molar-refractivity contribution in [1.29, 1.82) is 0 Å². The molecule has 0 radical (unpaired) electrons. The number of rotatable bonds is 7. The van der Waals surface area contributed by atoms with Crippen LogP contribution in [0, 0.1) is 0 Å². The predicted molar refractivity (Wildman–Crippen MR) is 130 cm³/mol. The lowest BCUT2D eigenvalue weighted by Gasteiger charge is -2.06. The minimum Gasteiger partial charge on any atom is -0.289 e. The Hall–Kier alpha value is -3.20. The number of halogens is 2. The summed E-state index contributed by atoms with van der Waals surface area (Å²) in [6.07, 6.45) is 1.68. The van der Waals surface area contributed by atoms with E-state index in [0.717, 1.165) is 24.0 Å². The molecule has 4 heteroatoms. The summed E-state index contributed by atoms with van der Waals surface area (Å²) in [4.78, 5) is 25.2. The van der Waals surface area contributed by atoms with Gasteiger partial charge < -0.3 is 0 Å². The predicted octanol–water partition coefficient (Wildman–Crippen LogP) is 7.24. The van der Waals surface area contributed by atoms with Crippen LogP contribution < -0.4 is 0 Å². The van der Waals surface area contributed by atoms with Crippen LogP contribution in [0.3, 0.4) is 0 Å². The minimum absolute atomic E-state index is 0.0426. The molecular weight excluding hydrogens is 439 g/mol. The zero-order valence-corrected chi connectivity index (χ0v) is 18.7. The number of ketones is 2. The van der Waals surface area contributed by atoms with Gasteiger partial charge in [0.25, 0.3) is 0 Å². The molecule has 0 bridgehead atoms. The van der Waals surface area contributed by atoms with Gasteiger partial charge in [0.2, 0.25) is 0 Å². The van der Waals surface area contributed by atoms with Crippen molar-refractivity contribution in [2.24, 2.45) is 0 Å². The highest BCUT2D eigenvalue weighted by atomic mass is 35.5. The van der Waals surface area contributed by atoms with E-state index in [2.05, 4.69) is 0 Å². The van der Waals surface area contributed by atoms with Crippen molar-refractivity contribution in [3.8, 4) is 0 Å². The van der Waals surface area contributed by atoms with Gasteiger partial charge in [-0.25, -0.2) is 0 Å². The molecule has 4 aromatic rings. The number of carbonyl (C=O) groups excluding carboxylic acids is 2. The fraction of sp³-hybridized carbons (Fsp3) is 0.0714. The standard InChI is InChI=1S/C28H20Cl2O2/c29-25-5-1-3-23(17-25)27(31)21-13-9-19(10-14-21)7-8-20-11-15-22(16-12-20)28(32)24-4-2-6-26(30)18-24/h1-6,9-18H,7-8H2. The summed E-state index contributed by atoms with van der Waals surface area (Å²) in [5.41, 5.74) is 4.73. The van der Waals surface area contributed by atoms with Crippen LogP contribution in [0.25, 0.3) is 0 Å². The van der Waals surface area contributed by atoms with Crippen LogP contribution in [-0.2, 0) is 12.8 Å². The first-order chi connectivity index (χ1) is 15.5. The van der Waals surface area contributed by atoms with Crippen LogP contribution in [0.4, 0.5) is 0 Å². The van der Waals surface area contributed by atoms with E-state index in [0.29, 0.717) is 32.3 Å². The molecule has 0 aliphatic carbocycles. The van der Waals surface area contributed by atoms with E-state index in [9.17, 15) is 9.59 Å². The topological polar surface area (TPSA) is 34.1 Å². The SMILES string of the molecule is O=C(c1ccc(CCc2ccc(C(=O)c3cccc(Cl)c3)cc2)cc1)c1cccc(Cl)c1. The number of hydrogen-bond acceptors (Lipinski definition) is 2. The second-order valence-corrected chi connectivity index (χ2v) is 8.45. The van der Waals surface area contributed by atoms with Crippen molar-refractivity contribution in [1.82, 2.24) is 0 Å². The maximum atomic E-state index is 12.6. The normalized spacial score (nSPS) is 10.7. The van der Waals surface area contributed by atoms with E-state index >= 15 is 0 Å². The molecule has 0 heterocycles. The minimum atomic E-state index is -0.0426. The van der Waals surface area contributed by atoms with Gasteiger partial charge in [-0.1, -0.05) is 96.0 Å². The van der Waals surface area contributed by atoms with Crippen molar-refractivity contribution in [3.05, 3.63) is 140 Å². The number of hydrogen-bond donors (Lipinski definition) is 0. The third kappa shape index (κ3) is 5.34. The van der Waals surface area contributed by atoms with Crippen LogP contribution in [-0.4, -0.2) is 11.6 Å². The van der Waals surface area contributed by atoms with E-state index in [1.807, 2.05) is 48.5 Å². The average Bonchev–Trinajstić information content (AvgIpc) is 2.82. The third-order valence-corrected chi connectivity index (χ3v) is 5.78. The third-order valence-electron chi connectivity index (χ3n) is 5.31. The van der Waals surface area contributed by atoms with Crippen LogP contribution in [0.2, 0.25) is 10.0 Å². The highest BCUT2D eigenvalue weighted by Crippen LogP contribution is 2.18. The Morgan fingerprint density at radius 1 is 0.500 bits per heavy atom. The van der Waals surface area contributed by atoms with E-state index in [-0.39, 0.29) is 11.6 Å². The maximum absolute atomic E-state index is 12.6. The highest BCUT2D eigenvalue weighted by molar-refractivity contribution is 6.31. The first kappa shape index (κ1) is 22.0. The summed E-state index contributed by atoms with van der Waals surface area (Å²) in [5, 5.41) is 1.10. The molecule has 0 unspecified atom stereocenters. The Balaban J connectivity index is 1.37. The summed E-state index contributed by atoms with van der Waals surface area (Å²) in [6.45, 7) is 0. The summed E-state index contributed by atoms with van der Waals surface area (Å²) in [5.74, 6) is -0.0852. The van der Waals surface area contributed by atoms with Gasteiger partial charge in [-0.15, -0.1) is 0 Å². The maximum Gasteiger partial charge on any atom is 0.193 e. The first-order valence-electron chi connectivity index (χ1n) is 10.3. The summed E-state index contributed by atoms with van der Waals surface area (Å²) < 4.78 is 0. The van der Waals surface area contributed by atoms with Gasteiger partial charge >= 0.3 is 0 Å². The summed E-state index contributed by atoms with van der Waals surface area (Å²) in [6, 6.07) is 29.3. The Labute approximate surface area is 197 Å². The van der Waals surface area contributed by atoms with Gasteiger partial charge in [-0.3, -0.25) is 9.59 Å². The summed E-state index contributed by atoms with van der Waals surface area (Å²) >= 11 is 12.0. The molecule has 4 aromatic carbocycles. The van der Waals surface area contributed by atoms with E-state index < -0.39 is 0 Å². The fourth-order valence-corrected chi connectivity index (χ4v) is 3.91. The quantitative estimate of drug-likeness (QED) is 0.273. The molecule has 0 aliphatic rings. The van der Waals surface area contributed by atoms with Crippen molar-refractivity contribution >= 4 is 34.8 Å². The Morgan fingerprint density at radius 3 is 1.22 bits per heavy atom. The van der Waals surface area contributed by atoms with Crippen molar-refractivity contribution < 1.29 is 9.59 Å². The highest BCUT2D eigenvalue weighted by Gasteiger charge is 2.11. The lowest BCUT2D eigenvalue weighted by atomic mass is 9.98. The Bertz CT molecular complexity index is 1160. The van der Waals surface area contributed by atoms with Gasteiger partial charge in [-0.05, 0) is 48.2 Å². The fourth-order valence-electron chi connectivity index (χ4n) is 3.53. The largest absolute Gasteiger partial charge is 0.289 e. The van der Waals surface area contributed by atoms with E-state index in [1.54, 1.807) is 48.5 Å². The molecule has 0 aliphatic heterocycles. The smallest absolute Gasteiger partial charge is 0.193 e. The van der Waals surface area contributed by atoms with Gasteiger partial charge in [-0.2, -0.15) is 0 Å². The zero-order chi connectivity index (χ0) is 22.5. The van der Waals surface area contributed by atoms with Gasteiger partial charge in [0.05, 0.1) is 0 Å². The van der Waals surface area contributed by atoms with Gasteiger partial charge in [0.1, 0.15) is 0 Å². The summed E-state index contributed by atoms with van der Waals surface area (Å²) in [7, 11) is 0. The molecule has 0 fully saturated rings. The van der Waals surface area contributed by atoms with Crippen molar-refractivity contribution in [2.45, 2.75) is 12.8 Å². The van der Waals surface area contributed by atoms with E-state index in [4.69, 9.17) is 23.2 Å². The molecule has 0 amide bonds. The molecule has 4 rings (SSSR count). The molecule has 0 saturated heterocycles. The molecular formula is C28H20Cl2O2. The van der Waals surface area contributed by atoms with Crippen LogP contribution >= 0.6 is 23.2 Å². The molecule has 0 aromatic heterocycles. The first-order valence-corrected chi connectivity index (χ1v) is 11.0. The monoisotopic (exact) mass is 458 g/mol. The van der Waals surface area contributed by atoms with Crippen LogP contribution in [0.5, 0.6) is 0 Å². The molecule has 32 heavy (non-hydrogen) atoms. The Kier molecular flexibility index (Phi) is 6.84. The molecule has 0 spiro atoms. The molecule has 158 valence electrons. The zero-order valence-electron chi connectivity index (χ0n) is 17.2. The number of benzene rings is 4. The lowest BCUT2D eigenvalue weighted by molar-refractivity contribution is 0.103. The average molecular weight is 459 g/mol. The second kappa shape index (κ2) is 9.95. The molecule has 0 atom stereocenters.